The van der Waals surface area contributed by atoms with Crippen molar-refractivity contribution in [3.63, 3.8) is 0 Å². The first kappa shape index (κ1) is 19.1. The summed E-state index contributed by atoms with van der Waals surface area (Å²) in [6.45, 7) is 4.23. The zero-order valence-corrected chi connectivity index (χ0v) is 15.1. The van der Waals surface area contributed by atoms with Crippen LogP contribution < -0.4 is 14.8 Å². The minimum atomic E-state index is -0.0861. The Hall–Kier alpha value is -2.24. The van der Waals surface area contributed by atoms with Crippen LogP contribution in [-0.2, 0) is 9.59 Å². The number of benzene rings is 1. The van der Waals surface area contributed by atoms with Crippen molar-refractivity contribution in [2.75, 3.05) is 33.4 Å². The largest absolute Gasteiger partial charge is 0.490 e. The molecule has 6 heteroatoms. The number of rotatable bonds is 8. The summed E-state index contributed by atoms with van der Waals surface area (Å²) in [6, 6.07) is 7.54. The Kier molecular flexibility index (Phi) is 7.57. The lowest BCUT2D eigenvalue weighted by atomic mass is 9.97. The second-order valence-electron chi connectivity index (χ2n) is 6.12. The highest BCUT2D eigenvalue weighted by atomic mass is 16.5. The van der Waals surface area contributed by atoms with Gasteiger partial charge in [-0.15, -0.1) is 0 Å². The van der Waals surface area contributed by atoms with Crippen molar-refractivity contribution in [2.24, 2.45) is 5.92 Å². The predicted molar refractivity (Wildman–Crippen MR) is 95.7 cm³/mol. The molecule has 0 saturated carbocycles. The first-order valence-corrected chi connectivity index (χ1v) is 8.99. The zero-order chi connectivity index (χ0) is 18.1. The van der Waals surface area contributed by atoms with Gasteiger partial charge in [-0.2, -0.15) is 0 Å². The Morgan fingerprint density at radius 1 is 1.24 bits per heavy atom. The maximum absolute atomic E-state index is 12.3. The fourth-order valence-electron chi connectivity index (χ4n) is 3.03. The molecule has 1 heterocycles. The summed E-state index contributed by atoms with van der Waals surface area (Å²) >= 11 is 0. The predicted octanol–water partition coefficient (Wildman–Crippen LogP) is 2.23. The maximum Gasteiger partial charge on any atom is 0.224 e. The summed E-state index contributed by atoms with van der Waals surface area (Å²) in [5, 5.41) is 2.67. The smallest absolute Gasteiger partial charge is 0.224 e. The van der Waals surface area contributed by atoms with E-state index in [0.29, 0.717) is 38.3 Å². The average Bonchev–Trinajstić information content (AvgIpc) is 2.66. The second kappa shape index (κ2) is 9.91. The van der Waals surface area contributed by atoms with Crippen LogP contribution in [0.3, 0.4) is 0 Å². The molecule has 0 radical (unpaired) electrons. The molecular weight excluding hydrogens is 320 g/mol. The Balaban J connectivity index is 1.74. The third-order valence-corrected chi connectivity index (χ3v) is 4.33. The van der Waals surface area contributed by atoms with Gasteiger partial charge in [-0.05, 0) is 38.3 Å². The van der Waals surface area contributed by atoms with Crippen LogP contribution in [-0.4, -0.2) is 50.1 Å². The van der Waals surface area contributed by atoms with E-state index in [0.717, 1.165) is 25.1 Å². The maximum atomic E-state index is 12.3. The fraction of sp³-hybridized carbons (Fsp3) is 0.579. The zero-order valence-electron chi connectivity index (χ0n) is 15.1. The summed E-state index contributed by atoms with van der Waals surface area (Å²) in [4.78, 5) is 25.9. The molecule has 1 N–H and O–H groups in total. The number of hydrogen-bond acceptors (Lipinski definition) is 4. The van der Waals surface area contributed by atoms with Gasteiger partial charge < -0.3 is 19.7 Å². The van der Waals surface area contributed by atoms with Gasteiger partial charge in [-0.3, -0.25) is 9.59 Å². The molecule has 138 valence electrons. The molecule has 0 aliphatic carbocycles. The van der Waals surface area contributed by atoms with Crippen LogP contribution in [0.1, 0.15) is 32.6 Å². The van der Waals surface area contributed by atoms with Gasteiger partial charge in [0, 0.05) is 26.6 Å². The van der Waals surface area contributed by atoms with E-state index in [1.54, 1.807) is 11.9 Å². The van der Waals surface area contributed by atoms with E-state index in [-0.39, 0.29) is 17.7 Å². The topological polar surface area (TPSA) is 67.9 Å². The minimum Gasteiger partial charge on any atom is -0.490 e. The standard InChI is InChI=1S/C19H28N2O4/c1-3-24-16-9-4-5-10-17(16)25-13-7-11-18(22)21-12-6-8-15(14-21)19(23)20-2/h4-5,9-10,15H,3,6-8,11-14H2,1-2H3,(H,20,23). The average molecular weight is 348 g/mol. The molecule has 0 aromatic heterocycles. The molecule has 1 fully saturated rings. The first-order valence-electron chi connectivity index (χ1n) is 8.99. The van der Waals surface area contributed by atoms with Crippen LogP contribution in [0.25, 0.3) is 0 Å². The van der Waals surface area contributed by atoms with Crippen molar-refractivity contribution in [2.45, 2.75) is 32.6 Å². The lowest BCUT2D eigenvalue weighted by Gasteiger charge is -2.31. The minimum absolute atomic E-state index is 0.0216. The number of hydrogen-bond donors (Lipinski definition) is 1. The lowest BCUT2D eigenvalue weighted by Crippen LogP contribution is -2.44. The number of carbonyl (C=O) groups excluding carboxylic acids is 2. The summed E-state index contributed by atoms with van der Waals surface area (Å²) in [7, 11) is 1.64. The van der Waals surface area contributed by atoms with Crippen molar-refractivity contribution >= 4 is 11.8 Å². The quantitative estimate of drug-likeness (QED) is 0.732. The summed E-state index contributed by atoms with van der Waals surface area (Å²) in [5.41, 5.74) is 0. The SMILES string of the molecule is CCOc1ccccc1OCCCC(=O)N1CCCC(C(=O)NC)C1. The van der Waals surface area contributed by atoms with E-state index >= 15 is 0 Å². The number of ether oxygens (including phenoxy) is 2. The van der Waals surface area contributed by atoms with Gasteiger partial charge in [0.25, 0.3) is 0 Å². The Labute approximate surface area is 149 Å². The van der Waals surface area contributed by atoms with Crippen molar-refractivity contribution in [1.29, 1.82) is 0 Å². The summed E-state index contributed by atoms with van der Waals surface area (Å²) < 4.78 is 11.3. The monoisotopic (exact) mass is 348 g/mol. The number of amides is 2. The van der Waals surface area contributed by atoms with E-state index < -0.39 is 0 Å². The van der Waals surface area contributed by atoms with Crippen molar-refractivity contribution < 1.29 is 19.1 Å². The number of piperidine rings is 1. The Morgan fingerprint density at radius 3 is 2.64 bits per heavy atom. The lowest BCUT2D eigenvalue weighted by molar-refractivity contribution is -0.135. The van der Waals surface area contributed by atoms with Crippen molar-refractivity contribution in [3.05, 3.63) is 24.3 Å². The van der Waals surface area contributed by atoms with Crippen LogP contribution in [0.5, 0.6) is 11.5 Å². The van der Waals surface area contributed by atoms with Crippen LogP contribution in [0.4, 0.5) is 0 Å². The molecule has 1 unspecified atom stereocenters. The second-order valence-corrected chi connectivity index (χ2v) is 6.12. The van der Waals surface area contributed by atoms with E-state index in [1.165, 1.54) is 0 Å². The molecule has 0 spiro atoms. The molecule has 1 aromatic rings. The van der Waals surface area contributed by atoms with Crippen molar-refractivity contribution in [1.82, 2.24) is 10.2 Å². The molecule has 1 atom stereocenters. The van der Waals surface area contributed by atoms with E-state index in [4.69, 9.17) is 9.47 Å². The molecule has 2 rings (SSSR count). The van der Waals surface area contributed by atoms with Gasteiger partial charge in [0.1, 0.15) is 0 Å². The van der Waals surface area contributed by atoms with Gasteiger partial charge in [-0.1, -0.05) is 12.1 Å². The number of likely N-dealkylation sites (tertiary alicyclic amines) is 1. The van der Waals surface area contributed by atoms with Gasteiger partial charge in [0.05, 0.1) is 19.1 Å². The molecule has 1 aliphatic rings. The highest BCUT2D eigenvalue weighted by Crippen LogP contribution is 2.26. The molecule has 2 amide bonds. The normalized spacial score (nSPS) is 17.0. The summed E-state index contributed by atoms with van der Waals surface area (Å²) in [6.07, 6.45) is 2.79. The van der Waals surface area contributed by atoms with Crippen LogP contribution >= 0.6 is 0 Å². The van der Waals surface area contributed by atoms with E-state index in [1.807, 2.05) is 31.2 Å². The molecule has 1 aromatic carbocycles. The molecular formula is C19H28N2O4. The molecule has 1 saturated heterocycles. The number of nitrogens with one attached hydrogen (secondary N) is 1. The number of carbonyl (C=O) groups is 2. The Morgan fingerprint density at radius 2 is 1.96 bits per heavy atom. The molecule has 6 nitrogen and oxygen atoms in total. The van der Waals surface area contributed by atoms with Crippen molar-refractivity contribution in [3.8, 4) is 11.5 Å². The highest BCUT2D eigenvalue weighted by Gasteiger charge is 2.27. The van der Waals surface area contributed by atoms with Gasteiger partial charge in [0.15, 0.2) is 11.5 Å². The van der Waals surface area contributed by atoms with Crippen LogP contribution in [0.2, 0.25) is 0 Å². The van der Waals surface area contributed by atoms with E-state index in [9.17, 15) is 9.59 Å². The van der Waals surface area contributed by atoms with Gasteiger partial charge in [0.2, 0.25) is 11.8 Å². The summed E-state index contributed by atoms with van der Waals surface area (Å²) in [5.74, 6) is 1.45. The van der Waals surface area contributed by atoms with E-state index in [2.05, 4.69) is 5.32 Å². The van der Waals surface area contributed by atoms with Gasteiger partial charge in [-0.25, -0.2) is 0 Å². The first-order chi connectivity index (χ1) is 12.2. The highest BCUT2D eigenvalue weighted by molar-refractivity contribution is 5.81. The number of nitrogens with zero attached hydrogens (tertiary/aromatic N) is 1. The molecule has 25 heavy (non-hydrogen) atoms. The Bertz CT molecular complexity index is 576. The van der Waals surface area contributed by atoms with Crippen LogP contribution in [0, 0.1) is 5.92 Å². The molecule has 0 bridgehead atoms. The number of para-hydroxylation sites is 2. The third kappa shape index (κ3) is 5.66. The third-order valence-electron chi connectivity index (χ3n) is 4.33. The van der Waals surface area contributed by atoms with Crippen LogP contribution in [0.15, 0.2) is 24.3 Å². The fourth-order valence-corrected chi connectivity index (χ4v) is 3.03. The van der Waals surface area contributed by atoms with Gasteiger partial charge >= 0.3 is 0 Å². The molecule has 1 aliphatic heterocycles.